The summed E-state index contributed by atoms with van der Waals surface area (Å²) in [5.41, 5.74) is 2.98. The van der Waals surface area contributed by atoms with Crippen LogP contribution in [0.5, 0.6) is 11.5 Å². The number of para-hydroxylation sites is 1. The van der Waals surface area contributed by atoms with Gasteiger partial charge in [0.05, 0.1) is 19.0 Å². The van der Waals surface area contributed by atoms with Crippen molar-refractivity contribution < 1.29 is 14.3 Å². The van der Waals surface area contributed by atoms with Crippen LogP contribution in [0.2, 0.25) is 0 Å². The van der Waals surface area contributed by atoms with Crippen LogP contribution >= 0.6 is 0 Å². The highest BCUT2D eigenvalue weighted by molar-refractivity contribution is 6.03. The molecule has 0 aliphatic rings. The molecule has 6 heteroatoms. The fourth-order valence-electron chi connectivity index (χ4n) is 2.57. The maximum absolute atomic E-state index is 12.3. The van der Waals surface area contributed by atoms with Crippen molar-refractivity contribution in [1.82, 2.24) is 4.98 Å². The van der Waals surface area contributed by atoms with Gasteiger partial charge in [-0.15, -0.1) is 0 Å². The van der Waals surface area contributed by atoms with Crippen molar-refractivity contribution >= 4 is 17.3 Å². The van der Waals surface area contributed by atoms with Crippen LogP contribution in [0.25, 0.3) is 0 Å². The van der Waals surface area contributed by atoms with Crippen molar-refractivity contribution in [1.29, 1.82) is 0 Å². The Kier molecular flexibility index (Phi) is 6.46. The first-order chi connectivity index (χ1) is 13.7. The second-order valence-electron chi connectivity index (χ2n) is 6.15. The Hall–Kier alpha value is -3.54. The van der Waals surface area contributed by atoms with Crippen LogP contribution in [0.15, 0.2) is 66.9 Å². The minimum atomic E-state index is -0.233. The number of pyridine rings is 1. The molecule has 1 heterocycles. The standard InChI is InChI=1S/C22H23N3O3/c1-16-5-3-4-6-20(16)25-22(26)21-12-7-17(15-24-21)23-13-14-28-19-10-8-18(27-2)9-11-19/h3-12,15,23H,13-14H2,1-2H3,(H,25,26). The molecule has 0 aliphatic heterocycles. The molecular formula is C22H23N3O3. The monoisotopic (exact) mass is 377 g/mol. The number of hydrogen-bond acceptors (Lipinski definition) is 5. The average Bonchev–Trinajstić information content (AvgIpc) is 2.73. The summed E-state index contributed by atoms with van der Waals surface area (Å²) in [6.07, 6.45) is 1.64. The van der Waals surface area contributed by atoms with E-state index in [0.717, 1.165) is 28.4 Å². The van der Waals surface area contributed by atoms with Gasteiger partial charge in [0.15, 0.2) is 0 Å². The lowest BCUT2D eigenvalue weighted by Gasteiger charge is -2.10. The van der Waals surface area contributed by atoms with Crippen molar-refractivity contribution in [3.63, 3.8) is 0 Å². The molecule has 3 rings (SSSR count). The SMILES string of the molecule is COc1ccc(OCCNc2ccc(C(=O)Nc3ccccc3C)nc2)cc1. The van der Waals surface area contributed by atoms with Crippen LogP contribution in [-0.4, -0.2) is 31.2 Å². The number of ether oxygens (including phenoxy) is 2. The first kappa shape index (κ1) is 19.2. The zero-order valence-corrected chi connectivity index (χ0v) is 15.9. The van der Waals surface area contributed by atoms with Crippen molar-refractivity contribution in [2.45, 2.75) is 6.92 Å². The molecule has 1 aromatic heterocycles. The Labute approximate surface area is 164 Å². The number of amides is 1. The van der Waals surface area contributed by atoms with Crippen LogP contribution in [0.1, 0.15) is 16.1 Å². The third kappa shape index (κ3) is 5.23. The number of nitrogens with one attached hydrogen (secondary N) is 2. The molecule has 0 spiro atoms. The van der Waals surface area contributed by atoms with Gasteiger partial charge in [-0.05, 0) is 55.0 Å². The molecule has 0 fully saturated rings. The number of aryl methyl sites for hydroxylation is 1. The summed E-state index contributed by atoms with van der Waals surface area (Å²) < 4.78 is 10.8. The molecular weight excluding hydrogens is 354 g/mol. The number of nitrogens with zero attached hydrogens (tertiary/aromatic N) is 1. The lowest BCUT2D eigenvalue weighted by atomic mass is 10.2. The van der Waals surface area contributed by atoms with Gasteiger partial charge in [0.25, 0.3) is 5.91 Å². The van der Waals surface area contributed by atoms with Crippen molar-refractivity contribution in [2.75, 3.05) is 30.9 Å². The molecule has 0 unspecified atom stereocenters. The number of carbonyl (C=O) groups is 1. The van der Waals surface area contributed by atoms with E-state index in [2.05, 4.69) is 15.6 Å². The molecule has 0 aliphatic carbocycles. The molecule has 28 heavy (non-hydrogen) atoms. The van der Waals surface area contributed by atoms with Gasteiger partial charge in [-0.2, -0.15) is 0 Å². The number of hydrogen-bond donors (Lipinski definition) is 2. The quantitative estimate of drug-likeness (QED) is 0.577. The summed E-state index contributed by atoms with van der Waals surface area (Å²) in [4.78, 5) is 16.5. The van der Waals surface area contributed by atoms with Crippen LogP contribution < -0.4 is 20.1 Å². The lowest BCUT2D eigenvalue weighted by molar-refractivity contribution is 0.102. The number of rotatable bonds is 8. The molecule has 0 saturated heterocycles. The lowest BCUT2D eigenvalue weighted by Crippen LogP contribution is -2.15. The predicted octanol–water partition coefficient (Wildman–Crippen LogP) is 4.14. The van der Waals surface area contributed by atoms with Crippen molar-refractivity contribution in [3.8, 4) is 11.5 Å². The van der Waals surface area contributed by atoms with E-state index >= 15 is 0 Å². The molecule has 2 N–H and O–H groups in total. The molecule has 2 aromatic carbocycles. The van der Waals surface area contributed by atoms with Gasteiger partial charge in [0, 0.05) is 12.2 Å². The third-order valence-electron chi connectivity index (χ3n) is 4.15. The Morgan fingerprint density at radius 1 is 1.00 bits per heavy atom. The molecule has 1 amide bonds. The highest BCUT2D eigenvalue weighted by Gasteiger charge is 2.08. The van der Waals surface area contributed by atoms with Crippen molar-refractivity contribution in [2.24, 2.45) is 0 Å². The van der Waals surface area contributed by atoms with Gasteiger partial charge < -0.3 is 20.1 Å². The number of aromatic nitrogens is 1. The van der Waals surface area contributed by atoms with E-state index < -0.39 is 0 Å². The second kappa shape index (κ2) is 9.41. The van der Waals surface area contributed by atoms with Crippen LogP contribution in [-0.2, 0) is 0 Å². The number of anilines is 2. The normalized spacial score (nSPS) is 10.2. The molecule has 0 bridgehead atoms. The average molecular weight is 377 g/mol. The van der Waals surface area contributed by atoms with Gasteiger partial charge in [0.1, 0.15) is 23.8 Å². The zero-order valence-electron chi connectivity index (χ0n) is 15.9. The number of methoxy groups -OCH3 is 1. The summed E-state index contributed by atoms with van der Waals surface area (Å²) >= 11 is 0. The zero-order chi connectivity index (χ0) is 19.8. The third-order valence-corrected chi connectivity index (χ3v) is 4.15. The summed E-state index contributed by atoms with van der Waals surface area (Å²) in [7, 11) is 1.63. The van der Waals surface area contributed by atoms with E-state index in [1.807, 2.05) is 61.5 Å². The number of carbonyl (C=O) groups excluding carboxylic acids is 1. The topological polar surface area (TPSA) is 72.5 Å². The van der Waals surface area contributed by atoms with E-state index in [1.54, 1.807) is 19.4 Å². The van der Waals surface area contributed by atoms with Gasteiger partial charge in [-0.25, -0.2) is 4.98 Å². The summed E-state index contributed by atoms with van der Waals surface area (Å²) in [6.45, 7) is 3.06. The van der Waals surface area contributed by atoms with E-state index in [4.69, 9.17) is 9.47 Å². The summed E-state index contributed by atoms with van der Waals surface area (Å²) in [5, 5.41) is 6.09. The van der Waals surface area contributed by atoms with Gasteiger partial charge in [0.2, 0.25) is 0 Å². The van der Waals surface area contributed by atoms with Crippen LogP contribution in [0.4, 0.5) is 11.4 Å². The highest BCUT2D eigenvalue weighted by Crippen LogP contribution is 2.17. The Morgan fingerprint density at radius 3 is 2.43 bits per heavy atom. The van der Waals surface area contributed by atoms with E-state index in [-0.39, 0.29) is 5.91 Å². The van der Waals surface area contributed by atoms with E-state index in [9.17, 15) is 4.79 Å². The minimum Gasteiger partial charge on any atom is -0.497 e. The van der Waals surface area contributed by atoms with Gasteiger partial charge >= 0.3 is 0 Å². The van der Waals surface area contributed by atoms with Crippen LogP contribution in [0.3, 0.4) is 0 Å². The fraction of sp³-hybridized carbons (Fsp3) is 0.182. The molecule has 0 atom stereocenters. The smallest absolute Gasteiger partial charge is 0.274 e. The Morgan fingerprint density at radius 2 is 1.75 bits per heavy atom. The van der Waals surface area contributed by atoms with Gasteiger partial charge in [-0.3, -0.25) is 4.79 Å². The van der Waals surface area contributed by atoms with Crippen LogP contribution in [0, 0.1) is 6.92 Å². The molecule has 0 saturated carbocycles. The summed E-state index contributed by atoms with van der Waals surface area (Å²) in [6, 6.07) is 18.6. The molecule has 3 aromatic rings. The Balaban J connectivity index is 1.46. The second-order valence-corrected chi connectivity index (χ2v) is 6.15. The maximum Gasteiger partial charge on any atom is 0.274 e. The van der Waals surface area contributed by atoms with E-state index in [1.165, 1.54) is 0 Å². The Bertz CT molecular complexity index is 909. The predicted molar refractivity (Wildman–Crippen MR) is 110 cm³/mol. The highest BCUT2D eigenvalue weighted by atomic mass is 16.5. The largest absolute Gasteiger partial charge is 0.497 e. The van der Waals surface area contributed by atoms with E-state index in [0.29, 0.717) is 18.8 Å². The first-order valence-electron chi connectivity index (χ1n) is 8.99. The first-order valence-corrected chi connectivity index (χ1v) is 8.99. The van der Waals surface area contributed by atoms with Crippen molar-refractivity contribution in [3.05, 3.63) is 78.1 Å². The number of benzene rings is 2. The minimum absolute atomic E-state index is 0.233. The molecule has 0 radical (unpaired) electrons. The fourth-order valence-corrected chi connectivity index (χ4v) is 2.57. The maximum atomic E-state index is 12.3. The summed E-state index contributed by atoms with van der Waals surface area (Å²) in [5.74, 6) is 1.34. The molecule has 6 nitrogen and oxygen atoms in total. The molecule has 144 valence electrons. The van der Waals surface area contributed by atoms with Gasteiger partial charge in [-0.1, -0.05) is 18.2 Å².